The average Bonchev–Trinajstić information content (AvgIpc) is 2.47. The molecule has 1 atom stereocenters. The van der Waals surface area contributed by atoms with Crippen LogP contribution < -0.4 is 16.6 Å². The molecular formula is C16H23N3O. The molecule has 4 N–H and O–H groups in total. The number of rotatable bonds is 1. The molecule has 108 valence electrons. The van der Waals surface area contributed by atoms with Crippen LogP contribution in [0, 0.1) is 0 Å². The molecule has 1 spiro atoms. The Balaban J connectivity index is 2.07. The predicted octanol–water partition coefficient (Wildman–Crippen LogP) is 1.74. The summed E-state index contributed by atoms with van der Waals surface area (Å²) < 4.78 is 0. The third-order valence-corrected chi connectivity index (χ3v) is 5.00. The van der Waals surface area contributed by atoms with Gasteiger partial charge in [-0.3, -0.25) is 15.5 Å². The van der Waals surface area contributed by atoms with Gasteiger partial charge in [0, 0.05) is 5.54 Å². The van der Waals surface area contributed by atoms with E-state index in [0.29, 0.717) is 0 Å². The van der Waals surface area contributed by atoms with Crippen LogP contribution in [0.25, 0.3) is 0 Å². The normalized spacial score (nSPS) is 27.9. The predicted molar refractivity (Wildman–Crippen MR) is 78.8 cm³/mol. The molecule has 1 saturated carbocycles. The lowest BCUT2D eigenvalue weighted by Gasteiger charge is -2.49. The van der Waals surface area contributed by atoms with E-state index in [0.717, 1.165) is 24.8 Å². The van der Waals surface area contributed by atoms with Crippen molar-refractivity contribution in [3.8, 4) is 0 Å². The van der Waals surface area contributed by atoms with Gasteiger partial charge in [-0.2, -0.15) is 0 Å². The fraction of sp³-hybridized carbons (Fsp3) is 0.562. The summed E-state index contributed by atoms with van der Waals surface area (Å²) in [6.07, 6.45) is 7.04. The number of nitrogens with two attached hydrogens (primary N) is 1. The van der Waals surface area contributed by atoms with E-state index in [2.05, 4.69) is 22.9 Å². The summed E-state index contributed by atoms with van der Waals surface area (Å²) in [6.45, 7) is 1.95. The van der Waals surface area contributed by atoms with Crippen molar-refractivity contribution in [3.63, 3.8) is 0 Å². The van der Waals surface area contributed by atoms with Crippen molar-refractivity contribution in [2.75, 3.05) is 0 Å². The van der Waals surface area contributed by atoms with Crippen LogP contribution >= 0.6 is 0 Å². The first-order chi connectivity index (χ1) is 9.60. The summed E-state index contributed by atoms with van der Waals surface area (Å²) in [7, 11) is 0. The first-order valence-corrected chi connectivity index (χ1v) is 7.48. The van der Waals surface area contributed by atoms with Crippen molar-refractivity contribution in [2.24, 2.45) is 5.84 Å². The van der Waals surface area contributed by atoms with E-state index in [-0.39, 0.29) is 11.4 Å². The van der Waals surface area contributed by atoms with E-state index >= 15 is 0 Å². The van der Waals surface area contributed by atoms with E-state index < -0.39 is 5.54 Å². The van der Waals surface area contributed by atoms with Gasteiger partial charge >= 0.3 is 0 Å². The van der Waals surface area contributed by atoms with Crippen LogP contribution in [-0.4, -0.2) is 11.4 Å². The van der Waals surface area contributed by atoms with Crippen molar-refractivity contribution in [2.45, 2.75) is 56.5 Å². The van der Waals surface area contributed by atoms with Gasteiger partial charge in [0.2, 0.25) is 0 Å². The molecule has 1 fully saturated rings. The van der Waals surface area contributed by atoms with Gasteiger partial charge in [-0.1, -0.05) is 43.5 Å². The second-order valence-corrected chi connectivity index (χ2v) is 6.40. The third-order valence-electron chi connectivity index (χ3n) is 5.00. The molecular weight excluding hydrogens is 250 g/mol. The van der Waals surface area contributed by atoms with Gasteiger partial charge in [0.15, 0.2) is 0 Å². The van der Waals surface area contributed by atoms with Gasteiger partial charge < -0.3 is 0 Å². The Kier molecular flexibility index (Phi) is 3.30. The maximum atomic E-state index is 12.4. The summed E-state index contributed by atoms with van der Waals surface area (Å²) >= 11 is 0. The topological polar surface area (TPSA) is 67.2 Å². The van der Waals surface area contributed by atoms with E-state index in [1.165, 1.54) is 24.8 Å². The Labute approximate surface area is 120 Å². The van der Waals surface area contributed by atoms with Gasteiger partial charge in [0.05, 0.1) is 0 Å². The van der Waals surface area contributed by atoms with E-state index in [1.54, 1.807) is 0 Å². The van der Waals surface area contributed by atoms with Gasteiger partial charge in [-0.15, -0.1) is 0 Å². The molecule has 4 nitrogen and oxygen atoms in total. The van der Waals surface area contributed by atoms with E-state index in [1.807, 2.05) is 19.1 Å². The minimum absolute atomic E-state index is 0.0495. The molecule has 0 aromatic heterocycles. The minimum Gasteiger partial charge on any atom is -0.294 e. The lowest BCUT2D eigenvalue weighted by molar-refractivity contribution is -0.129. The summed E-state index contributed by atoms with van der Waals surface area (Å²) in [5.74, 6) is 5.27. The highest BCUT2D eigenvalue weighted by Gasteiger charge is 2.48. The van der Waals surface area contributed by atoms with E-state index in [4.69, 9.17) is 5.84 Å². The van der Waals surface area contributed by atoms with Crippen molar-refractivity contribution < 1.29 is 4.79 Å². The fourth-order valence-electron chi connectivity index (χ4n) is 4.02. The summed E-state index contributed by atoms with van der Waals surface area (Å²) in [5.41, 5.74) is 3.98. The van der Waals surface area contributed by atoms with Crippen molar-refractivity contribution >= 4 is 5.91 Å². The van der Waals surface area contributed by atoms with Crippen LogP contribution in [0.3, 0.4) is 0 Å². The summed E-state index contributed by atoms with van der Waals surface area (Å²) in [4.78, 5) is 12.4. The highest BCUT2D eigenvalue weighted by molar-refractivity contribution is 5.87. The molecule has 0 saturated heterocycles. The maximum absolute atomic E-state index is 12.4. The SMILES string of the molecule is CC1(C(=O)NN)NC2(CCCCC2)Cc2ccccc21. The Morgan fingerprint density at radius 1 is 1.25 bits per heavy atom. The zero-order valence-corrected chi connectivity index (χ0v) is 12.0. The Bertz CT molecular complexity index is 522. The van der Waals surface area contributed by atoms with Gasteiger partial charge in [0.1, 0.15) is 5.54 Å². The highest BCUT2D eigenvalue weighted by Crippen LogP contribution is 2.41. The lowest BCUT2D eigenvalue weighted by atomic mass is 9.69. The summed E-state index contributed by atoms with van der Waals surface area (Å²) in [6, 6.07) is 8.23. The molecule has 1 aliphatic heterocycles. The van der Waals surface area contributed by atoms with E-state index in [9.17, 15) is 4.79 Å². The highest BCUT2D eigenvalue weighted by atomic mass is 16.2. The summed E-state index contributed by atoms with van der Waals surface area (Å²) in [5, 5.41) is 3.66. The number of hydrazine groups is 1. The second-order valence-electron chi connectivity index (χ2n) is 6.40. The van der Waals surface area contributed by atoms with Crippen LogP contribution in [0.5, 0.6) is 0 Å². The molecule has 20 heavy (non-hydrogen) atoms. The molecule has 4 heteroatoms. The largest absolute Gasteiger partial charge is 0.294 e. The molecule has 1 aromatic rings. The third kappa shape index (κ3) is 2.03. The number of hydrogen-bond donors (Lipinski definition) is 3. The van der Waals surface area contributed by atoms with Crippen LogP contribution in [0.2, 0.25) is 0 Å². The molecule has 3 rings (SSSR count). The Morgan fingerprint density at radius 3 is 2.65 bits per heavy atom. The van der Waals surface area contributed by atoms with Crippen LogP contribution in [0.4, 0.5) is 0 Å². The van der Waals surface area contributed by atoms with Crippen molar-refractivity contribution in [3.05, 3.63) is 35.4 Å². The maximum Gasteiger partial charge on any atom is 0.258 e. The first-order valence-electron chi connectivity index (χ1n) is 7.48. The molecule has 1 unspecified atom stereocenters. The number of fused-ring (bicyclic) bond motifs is 1. The standard InChI is InChI=1S/C16H23N3O/c1-15(14(20)18-17)13-8-4-3-7-12(13)11-16(19-15)9-5-2-6-10-16/h3-4,7-8,19H,2,5-6,9-11,17H2,1H3,(H,18,20). The van der Waals surface area contributed by atoms with Crippen LogP contribution in [0.15, 0.2) is 24.3 Å². The fourth-order valence-corrected chi connectivity index (χ4v) is 4.02. The quantitative estimate of drug-likeness (QED) is 0.415. The lowest BCUT2D eigenvalue weighted by Crippen LogP contribution is -2.66. The molecule has 0 radical (unpaired) electrons. The molecule has 1 aliphatic carbocycles. The number of benzene rings is 1. The van der Waals surface area contributed by atoms with Crippen LogP contribution in [0.1, 0.15) is 50.2 Å². The number of carbonyl (C=O) groups excluding carboxylic acids is 1. The molecule has 1 amide bonds. The van der Waals surface area contributed by atoms with Crippen molar-refractivity contribution in [1.82, 2.24) is 10.7 Å². The van der Waals surface area contributed by atoms with Crippen LogP contribution in [-0.2, 0) is 16.8 Å². The number of hydrogen-bond acceptors (Lipinski definition) is 3. The monoisotopic (exact) mass is 273 g/mol. The zero-order chi connectivity index (χ0) is 14.2. The smallest absolute Gasteiger partial charge is 0.258 e. The van der Waals surface area contributed by atoms with Gasteiger partial charge in [0.25, 0.3) is 5.91 Å². The van der Waals surface area contributed by atoms with Gasteiger partial charge in [-0.25, -0.2) is 5.84 Å². The molecule has 1 aromatic carbocycles. The first kappa shape index (κ1) is 13.6. The zero-order valence-electron chi connectivity index (χ0n) is 12.0. The number of carbonyl (C=O) groups is 1. The molecule has 1 heterocycles. The number of amides is 1. The Morgan fingerprint density at radius 2 is 1.95 bits per heavy atom. The Hall–Kier alpha value is -1.39. The van der Waals surface area contributed by atoms with Crippen molar-refractivity contribution in [1.29, 1.82) is 0 Å². The number of nitrogens with one attached hydrogen (secondary N) is 2. The second kappa shape index (κ2) is 4.86. The molecule has 2 aliphatic rings. The average molecular weight is 273 g/mol. The molecule has 0 bridgehead atoms. The minimum atomic E-state index is -0.735. The van der Waals surface area contributed by atoms with Gasteiger partial charge in [-0.05, 0) is 37.3 Å².